The molecular weight excluding hydrogens is 351 g/mol. The van der Waals surface area contributed by atoms with Crippen molar-refractivity contribution in [1.82, 2.24) is 0 Å². The van der Waals surface area contributed by atoms with Crippen molar-refractivity contribution in [3.05, 3.63) is 24.3 Å². The molecule has 0 fully saturated rings. The Labute approximate surface area is 129 Å². The number of rotatable bonds is 10. The first-order chi connectivity index (χ1) is 9.68. The molecule has 0 aromatic heterocycles. The van der Waals surface area contributed by atoms with E-state index in [1.54, 1.807) is 3.58 Å². The summed E-state index contributed by atoms with van der Waals surface area (Å²) in [5, 5.41) is 9.89. The van der Waals surface area contributed by atoms with Crippen LogP contribution in [-0.4, -0.2) is 23.5 Å². The Hall–Kier alpha value is -0.181. The summed E-state index contributed by atoms with van der Waals surface area (Å²) in [5.41, 5.74) is 0. The predicted molar refractivity (Wildman–Crippen MR) is 92.6 cm³/mol. The van der Waals surface area contributed by atoms with Crippen molar-refractivity contribution in [2.75, 3.05) is 0 Å². The van der Waals surface area contributed by atoms with Gasteiger partial charge in [0, 0.05) is 0 Å². The van der Waals surface area contributed by atoms with Crippen molar-refractivity contribution >= 4 is 22.0 Å². The Morgan fingerprint density at radius 1 is 0.850 bits per heavy atom. The molecule has 0 aliphatic rings. The molecule has 1 aromatic rings. The van der Waals surface area contributed by atoms with E-state index in [0.29, 0.717) is 5.75 Å². The second-order valence-corrected chi connectivity index (χ2v) is 19.4. The van der Waals surface area contributed by atoms with E-state index in [1.807, 2.05) is 6.07 Å². The SMILES string of the molecule is CCC[CH2][Sn]([CH2]CCC)([CH2]CCC)[c]1cccc(O)c1. The van der Waals surface area contributed by atoms with Gasteiger partial charge in [-0.05, 0) is 0 Å². The number of hydrogen-bond donors (Lipinski definition) is 1. The Morgan fingerprint density at radius 2 is 1.35 bits per heavy atom. The molecule has 20 heavy (non-hydrogen) atoms. The molecule has 0 aliphatic carbocycles. The minimum atomic E-state index is -2.30. The molecule has 0 saturated heterocycles. The summed E-state index contributed by atoms with van der Waals surface area (Å²) in [6.07, 6.45) is 8.03. The van der Waals surface area contributed by atoms with Crippen LogP contribution in [0.4, 0.5) is 0 Å². The second kappa shape index (κ2) is 9.70. The first kappa shape index (κ1) is 17.9. The van der Waals surface area contributed by atoms with E-state index < -0.39 is 18.4 Å². The maximum atomic E-state index is 9.89. The van der Waals surface area contributed by atoms with E-state index in [4.69, 9.17) is 0 Å². The van der Waals surface area contributed by atoms with Crippen molar-refractivity contribution in [2.45, 2.75) is 72.6 Å². The summed E-state index contributed by atoms with van der Waals surface area (Å²) in [5.74, 6) is 0.466. The summed E-state index contributed by atoms with van der Waals surface area (Å²) in [4.78, 5) is 0. The number of phenols is 1. The van der Waals surface area contributed by atoms with Crippen LogP contribution < -0.4 is 3.58 Å². The molecule has 0 aliphatic heterocycles. The quantitative estimate of drug-likeness (QED) is 0.533. The van der Waals surface area contributed by atoms with Gasteiger partial charge in [-0.15, -0.1) is 0 Å². The molecule has 0 saturated carbocycles. The summed E-state index contributed by atoms with van der Waals surface area (Å²) in [6.45, 7) is 6.91. The van der Waals surface area contributed by atoms with Crippen molar-refractivity contribution in [3.8, 4) is 5.75 Å². The molecule has 1 rings (SSSR count). The number of phenolic OH excluding ortho intramolecular Hbond substituents is 1. The predicted octanol–water partition coefficient (Wildman–Crippen LogP) is 5.45. The molecule has 2 heteroatoms. The van der Waals surface area contributed by atoms with Crippen LogP contribution in [0.5, 0.6) is 5.75 Å². The van der Waals surface area contributed by atoms with Crippen LogP contribution in [0.15, 0.2) is 24.3 Å². The van der Waals surface area contributed by atoms with Crippen LogP contribution in [0, 0.1) is 0 Å². The van der Waals surface area contributed by atoms with Crippen molar-refractivity contribution in [1.29, 1.82) is 0 Å². The molecular formula is C18H32OSn. The Morgan fingerprint density at radius 3 is 1.75 bits per heavy atom. The van der Waals surface area contributed by atoms with Crippen LogP contribution >= 0.6 is 0 Å². The van der Waals surface area contributed by atoms with Crippen molar-refractivity contribution in [3.63, 3.8) is 0 Å². The molecule has 0 bridgehead atoms. The van der Waals surface area contributed by atoms with Gasteiger partial charge in [-0.2, -0.15) is 0 Å². The van der Waals surface area contributed by atoms with Gasteiger partial charge in [0.1, 0.15) is 0 Å². The summed E-state index contributed by atoms with van der Waals surface area (Å²) >= 11 is -2.30. The van der Waals surface area contributed by atoms with Gasteiger partial charge in [0.05, 0.1) is 0 Å². The molecule has 0 spiro atoms. The first-order valence-electron chi connectivity index (χ1n) is 8.48. The molecule has 1 N–H and O–H groups in total. The number of unbranched alkanes of at least 4 members (excludes halogenated alkanes) is 3. The Balaban J connectivity index is 3.04. The second-order valence-electron chi connectivity index (χ2n) is 6.14. The van der Waals surface area contributed by atoms with Gasteiger partial charge in [-0.25, -0.2) is 0 Å². The van der Waals surface area contributed by atoms with E-state index in [0.717, 1.165) is 0 Å². The molecule has 0 heterocycles. The molecule has 0 radical (unpaired) electrons. The summed E-state index contributed by atoms with van der Waals surface area (Å²) < 4.78 is 5.97. The Bertz CT molecular complexity index is 354. The third kappa shape index (κ3) is 5.31. The van der Waals surface area contributed by atoms with E-state index in [9.17, 15) is 5.11 Å². The third-order valence-electron chi connectivity index (χ3n) is 4.49. The minimum absolute atomic E-state index is 0.466. The van der Waals surface area contributed by atoms with E-state index in [2.05, 4.69) is 39.0 Å². The molecule has 1 nitrogen and oxygen atoms in total. The van der Waals surface area contributed by atoms with Gasteiger partial charge >= 0.3 is 130 Å². The van der Waals surface area contributed by atoms with Crippen molar-refractivity contribution in [2.24, 2.45) is 0 Å². The van der Waals surface area contributed by atoms with Gasteiger partial charge in [0.15, 0.2) is 0 Å². The van der Waals surface area contributed by atoms with Crippen LogP contribution in [-0.2, 0) is 0 Å². The van der Waals surface area contributed by atoms with E-state index in [-0.39, 0.29) is 0 Å². The van der Waals surface area contributed by atoms with Crippen LogP contribution in [0.3, 0.4) is 0 Å². The van der Waals surface area contributed by atoms with Crippen LogP contribution in [0.2, 0.25) is 13.3 Å². The standard InChI is InChI=1S/C6H5O.3C4H9.Sn/c7-6-4-2-1-3-5-6;3*1-3-4-2;/h1-2,4-5,7H;3*1,3-4H2,2H3;. The van der Waals surface area contributed by atoms with Crippen LogP contribution in [0.1, 0.15) is 59.3 Å². The van der Waals surface area contributed by atoms with Crippen LogP contribution in [0.25, 0.3) is 0 Å². The number of aromatic hydroxyl groups is 1. The Kier molecular flexibility index (Phi) is 8.67. The monoisotopic (exact) mass is 384 g/mol. The third-order valence-corrected chi connectivity index (χ3v) is 20.1. The number of hydrogen-bond acceptors (Lipinski definition) is 1. The summed E-state index contributed by atoms with van der Waals surface area (Å²) in [7, 11) is 0. The average Bonchev–Trinajstić information content (AvgIpc) is 2.47. The van der Waals surface area contributed by atoms with E-state index in [1.165, 1.54) is 51.8 Å². The first-order valence-corrected chi connectivity index (χ1v) is 16.0. The fourth-order valence-electron chi connectivity index (χ4n) is 3.19. The zero-order chi connectivity index (χ0) is 14.8. The molecule has 0 amide bonds. The van der Waals surface area contributed by atoms with E-state index >= 15 is 0 Å². The molecule has 1 aromatic carbocycles. The maximum absolute atomic E-state index is 9.89. The van der Waals surface area contributed by atoms with Gasteiger partial charge in [-0.3, -0.25) is 0 Å². The fourth-order valence-corrected chi connectivity index (χ4v) is 19.2. The molecule has 114 valence electrons. The topological polar surface area (TPSA) is 20.2 Å². The zero-order valence-corrected chi connectivity index (χ0v) is 16.5. The summed E-state index contributed by atoms with van der Waals surface area (Å²) in [6, 6.07) is 8.29. The molecule has 0 unspecified atom stereocenters. The normalized spacial score (nSPS) is 11.8. The van der Waals surface area contributed by atoms with Gasteiger partial charge < -0.3 is 0 Å². The van der Waals surface area contributed by atoms with Gasteiger partial charge in [0.25, 0.3) is 0 Å². The average molecular weight is 383 g/mol. The van der Waals surface area contributed by atoms with Gasteiger partial charge in [0.2, 0.25) is 0 Å². The van der Waals surface area contributed by atoms with Gasteiger partial charge in [-0.1, -0.05) is 0 Å². The van der Waals surface area contributed by atoms with Crippen molar-refractivity contribution < 1.29 is 5.11 Å². The molecule has 0 atom stereocenters. The zero-order valence-electron chi connectivity index (χ0n) is 13.6. The fraction of sp³-hybridized carbons (Fsp3) is 0.667. The number of benzene rings is 1.